The average Bonchev–Trinajstić information content (AvgIpc) is 2.83. The summed E-state index contributed by atoms with van der Waals surface area (Å²) in [5.74, 6) is -0.202. The molecular formula is C11H13ClN4O. The summed E-state index contributed by atoms with van der Waals surface area (Å²) in [5.41, 5.74) is 6.87. The highest BCUT2D eigenvalue weighted by atomic mass is 35.5. The van der Waals surface area contributed by atoms with E-state index >= 15 is 0 Å². The van der Waals surface area contributed by atoms with Crippen LogP contribution in [0.3, 0.4) is 0 Å². The molecule has 1 heterocycles. The van der Waals surface area contributed by atoms with E-state index in [0.717, 1.165) is 11.4 Å². The summed E-state index contributed by atoms with van der Waals surface area (Å²) in [7, 11) is 0. The van der Waals surface area contributed by atoms with Crippen LogP contribution in [0.15, 0.2) is 42.7 Å². The van der Waals surface area contributed by atoms with Gasteiger partial charge in [-0.1, -0.05) is 0 Å². The van der Waals surface area contributed by atoms with Gasteiger partial charge in [0.05, 0.1) is 12.2 Å². The van der Waals surface area contributed by atoms with Gasteiger partial charge in [-0.05, 0) is 30.3 Å². The van der Waals surface area contributed by atoms with Crippen LogP contribution in [0, 0.1) is 0 Å². The summed E-state index contributed by atoms with van der Waals surface area (Å²) in [6, 6.07) is 9.22. The molecule has 0 unspecified atom stereocenters. The van der Waals surface area contributed by atoms with E-state index in [0.29, 0.717) is 0 Å². The number of amides is 1. The monoisotopic (exact) mass is 252 g/mol. The minimum atomic E-state index is -0.202. The van der Waals surface area contributed by atoms with Crippen molar-refractivity contribution in [3.8, 4) is 5.69 Å². The molecule has 2 aromatic rings. The van der Waals surface area contributed by atoms with E-state index in [9.17, 15) is 4.79 Å². The number of nitrogens with one attached hydrogen (secondary N) is 1. The molecule has 0 aliphatic rings. The first-order valence-corrected chi connectivity index (χ1v) is 4.89. The summed E-state index contributed by atoms with van der Waals surface area (Å²) < 4.78 is 1.74. The van der Waals surface area contributed by atoms with Gasteiger partial charge in [-0.2, -0.15) is 5.10 Å². The Morgan fingerprint density at radius 2 is 2.06 bits per heavy atom. The molecule has 0 radical (unpaired) electrons. The molecule has 0 aliphatic heterocycles. The standard InChI is InChI=1S/C11H12N4O.ClH/c12-8-11(16)14-9-2-4-10(5-3-9)15-7-1-6-13-15;/h1-7H,8,12H2,(H,14,16);1H. The average molecular weight is 253 g/mol. The first-order valence-electron chi connectivity index (χ1n) is 4.89. The Labute approximate surface area is 105 Å². The van der Waals surface area contributed by atoms with Gasteiger partial charge in [-0.15, -0.1) is 12.4 Å². The highest BCUT2D eigenvalue weighted by molar-refractivity contribution is 5.92. The predicted octanol–water partition coefficient (Wildman–Crippen LogP) is 1.19. The molecule has 0 aliphatic carbocycles. The number of nitrogens with zero attached hydrogens (tertiary/aromatic N) is 2. The first kappa shape index (κ1) is 13.2. The van der Waals surface area contributed by atoms with Crippen molar-refractivity contribution in [3.63, 3.8) is 0 Å². The summed E-state index contributed by atoms with van der Waals surface area (Å²) in [6.45, 7) is -0.0130. The van der Waals surface area contributed by atoms with Crippen molar-refractivity contribution in [1.82, 2.24) is 9.78 Å². The maximum Gasteiger partial charge on any atom is 0.238 e. The molecule has 0 spiro atoms. The molecule has 1 aromatic carbocycles. The Balaban J connectivity index is 0.00000144. The van der Waals surface area contributed by atoms with Crippen LogP contribution in [0.1, 0.15) is 0 Å². The van der Waals surface area contributed by atoms with Crippen molar-refractivity contribution in [2.24, 2.45) is 5.73 Å². The number of carbonyl (C=O) groups excluding carboxylic acids is 1. The van der Waals surface area contributed by atoms with Crippen LogP contribution in [0.25, 0.3) is 5.69 Å². The number of rotatable bonds is 3. The molecule has 17 heavy (non-hydrogen) atoms. The minimum absolute atomic E-state index is 0. The van der Waals surface area contributed by atoms with Crippen molar-refractivity contribution in [2.45, 2.75) is 0 Å². The van der Waals surface area contributed by atoms with E-state index in [2.05, 4.69) is 10.4 Å². The Morgan fingerprint density at radius 3 is 2.59 bits per heavy atom. The number of nitrogens with two attached hydrogens (primary N) is 1. The van der Waals surface area contributed by atoms with Gasteiger partial charge >= 0.3 is 0 Å². The predicted molar refractivity (Wildman–Crippen MR) is 68.5 cm³/mol. The number of aromatic nitrogens is 2. The van der Waals surface area contributed by atoms with Gasteiger partial charge in [0.25, 0.3) is 0 Å². The first-order chi connectivity index (χ1) is 7.79. The van der Waals surface area contributed by atoms with E-state index in [4.69, 9.17) is 5.73 Å². The van der Waals surface area contributed by atoms with Gasteiger partial charge in [-0.25, -0.2) is 4.68 Å². The Hall–Kier alpha value is -1.85. The van der Waals surface area contributed by atoms with Crippen LogP contribution >= 0.6 is 12.4 Å². The third-order valence-corrected chi connectivity index (χ3v) is 2.11. The zero-order valence-electron chi connectivity index (χ0n) is 9.04. The molecular weight excluding hydrogens is 240 g/mol. The number of carbonyl (C=O) groups is 1. The second kappa shape index (κ2) is 6.03. The van der Waals surface area contributed by atoms with Crippen LogP contribution in [0.2, 0.25) is 0 Å². The third-order valence-electron chi connectivity index (χ3n) is 2.11. The summed E-state index contributed by atoms with van der Waals surface area (Å²) in [6.07, 6.45) is 3.57. The smallest absolute Gasteiger partial charge is 0.238 e. The van der Waals surface area contributed by atoms with Crippen molar-refractivity contribution in [3.05, 3.63) is 42.7 Å². The largest absolute Gasteiger partial charge is 0.325 e. The molecule has 0 fully saturated rings. The molecule has 1 aromatic heterocycles. The Morgan fingerprint density at radius 1 is 1.35 bits per heavy atom. The highest BCUT2D eigenvalue weighted by Crippen LogP contribution is 2.12. The normalized spacial score (nSPS) is 9.47. The SMILES string of the molecule is Cl.NCC(=O)Nc1ccc(-n2cccn2)cc1. The van der Waals surface area contributed by atoms with E-state index in [1.165, 1.54) is 0 Å². The molecule has 5 nitrogen and oxygen atoms in total. The Kier molecular flexibility index (Phi) is 4.68. The maximum atomic E-state index is 11.0. The van der Waals surface area contributed by atoms with Gasteiger partial charge in [0.2, 0.25) is 5.91 Å². The zero-order valence-corrected chi connectivity index (χ0v) is 9.85. The van der Waals surface area contributed by atoms with Crippen LogP contribution in [0.5, 0.6) is 0 Å². The molecule has 6 heteroatoms. The quantitative estimate of drug-likeness (QED) is 0.862. The molecule has 0 bridgehead atoms. The van der Waals surface area contributed by atoms with Crippen LogP contribution in [-0.4, -0.2) is 22.2 Å². The summed E-state index contributed by atoms with van der Waals surface area (Å²) in [4.78, 5) is 11.0. The molecule has 0 saturated heterocycles. The van der Waals surface area contributed by atoms with Crippen molar-refractivity contribution in [2.75, 3.05) is 11.9 Å². The fourth-order valence-electron chi connectivity index (χ4n) is 1.33. The third kappa shape index (κ3) is 3.30. The van der Waals surface area contributed by atoms with Crippen molar-refractivity contribution in [1.29, 1.82) is 0 Å². The molecule has 0 saturated carbocycles. The Bertz CT molecular complexity index is 467. The van der Waals surface area contributed by atoms with Crippen LogP contribution in [-0.2, 0) is 4.79 Å². The van der Waals surface area contributed by atoms with E-state index in [1.807, 2.05) is 36.5 Å². The van der Waals surface area contributed by atoms with Crippen LogP contribution in [0.4, 0.5) is 5.69 Å². The van der Waals surface area contributed by atoms with E-state index in [1.54, 1.807) is 10.9 Å². The second-order valence-electron chi connectivity index (χ2n) is 3.25. The fourth-order valence-corrected chi connectivity index (χ4v) is 1.33. The van der Waals surface area contributed by atoms with Crippen LogP contribution < -0.4 is 11.1 Å². The fraction of sp³-hybridized carbons (Fsp3) is 0.0909. The molecule has 90 valence electrons. The lowest BCUT2D eigenvalue weighted by molar-refractivity contribution is -0.114. The number of hydrogen-bond acceptors (Lipinski definition) is 3. The summed E-state index contributed by atoms with van der Waals surface area (Å²) >= 11 is 0. The van der Waals surface area contributed by atoms with Gasteiger partial charge in [0.1, 0.15) is 0 Å². The number of halogens is 1. The molecule has 3 N–H and O–H groups in total. The van der Waals surface area contributed by atoms with Gasteiger partial charge in [0.15, 0.2) is 0 Å². The minimum Gasteiger partial charge on any atom is -0.325 e. The molecule has 1 amide bonds. The lowest BCUT2D eigenvalue weighted by atomic mass is 10.3. The van der Waals surface area contributed by atoms with Crippen molar-refractivity contribution >= 4 is 24.0 Å². The number of benzene rings is 1. The lowest BCUT2D eigenvalue weighted by Crippen LogP contribution is -2.21. The second-order valence-corrected chi connectivity index (χ2v) is 3.25. The topological polar surface area (TPSA) is 72.9 Å². The van der Waals surface area contributed by atoms with E-state index < -0.39 is 0 Å². The number of hydrogen-bond donors (Lipinski definition) is 2. The number of anilines is 1. The van der Waals surface area contributed by atoms with Crippen molar-refractivity contribution < 1.29 is 4.79 Å². The summed E-state index contributed by atoms with van der Waals surface area (Å²) in [5, 5.41) is 6.77. The lowest BCUT2D eigenvalue weighted by Gasteiger charge is -2.05. The molecule has 2 rings (SSSR count). The van der Waals surface area contributed by atoms with E-state index in [-0.39, 0.29) is 24.9 Å². The van der Waals surface area contributed by atoms with Gasteiger partial charge in [-0.3, -0.25) is 4.79 Å². The molecule has 0 atom stereocenters. The van der Waals surface area contributed by atoms with Gasteiger partial charge < -0.3 is 11.1 Å². The highest BCUT2D eigenvalue weighted by Gasteiger charge is 2.00. The maximum absolute atomic E-state index is 11.0. The van der Waals surface area contributed by atoms with Gasteiger partial charge in [0, 0.05) is 18.1 Å². The zero-order chi connectivity index (χ0) is 11.4.